The van der Waals surface area contributed by atoms with Crippen LogP contribution in [0.2, 0.25) is 0 Å². The van der Waals surface area contributed by atoms with Gasteiger partial charge in [-0.1, -0.05) is 28.1 Å². The van der Waals surface area contributed by atoms with E-state index in [1.54, 1.807) is 13.2 Å². The van der Waals surface area contributed by atoms with Crippen molar-refractivity contribution in [3.05, 3.63) is 52.5 Å². The lowest BCUT2D eigenvalue weighted by atomic mass is 10.0. The van der Waals surface area contributed by atoms with E-state index in [2.05, 4.69) is 15.9 Å². The van der Waals surface area contributed by atoms with Gasteiger partial charge >= 0.3 is 0 Å². The molecule has 0 aliphatic rings. The summed E-state index contributed by atoms with van der Waals surface area (Å²) in [6.07, 6.45) is 0.847. The van der Waals surface area contributed by atoms with Crippen LogP contribution in [0, 0.1) is 0 Å². The summed E-state index contributed by atoms with van der Waals surface area (Å²) in [5.41, 5.74) is 2.55. The Bertz CT molecular complexity index is 532. The molecule has 0 bridgehead atoms. The number of aldehydes is 1. The maximum atomic E-state index is 11.1. The second-order valence-electron chi connectivity index (χ2n) is 3.58. The van der Waals surface area contributed by atoms with Crippen molar-refractivity contribution in [2.75, 3.05) is 7.11 Å². The standard InChI is InChI=1S/C14H11BrO2/c1-17-13-6-7-14(11(8-13)9-16)10-2-4-12(15)5-3-10/h2-9H,1H3. The molecule has 0 spiro atoms. The van der Waals surface area contributed by atoms with Crippen molar-refractivity contribution >= 4 is 22.2 Å². The van der Waals surface area contributed by atoms with Crippen molar-refractivity contribution in [2.24, 2.45) is 0 Å². The summed E-state index contributed by atoms with van der Waals surface area (Å²) in [5.74, 6) is 0.688. The fourth-order valence-electron chi connectivity index (χ4n) is 1.66. The lowest BCUT2D eigenvalue weighted by Crippen LogP contribution is -1.90. The highest BCUT2D eigenvalue weighted by molar-refractivity contribution is 9.10. The molecule has 3 heteroatoms. The van der Waals surface area contributed by atoms with Gasteiger partial charge in [0, 0.05) is 10.0 Å². The lowest BCUT2D eigenvalue weighted by molar-refractivity contribution is 0.112. The summed E-state index contributed by atoms with van der Waals surface area (Å²) in [7, 11) is 1.59. The van der Waals surface area contributed by atoms with Crippen LogP contribution in [0.15, 0.2) is 46.9 Å². The first kappa shape index (κ1) is 11.9. The smallest absolute Gasteiger partial charge is 0.150 e. The molecule has 2 rings (SSSR count). The number of carbonyl (C=O) groups excluding carboxylic acids is 1. The monoisotopic (exact) mass is 290 g/mol. The Morgan fingerprint density at radius 1 is 1.12 bits per heavy atom. The van der Waals surface area contributed by atoms with E-state index >= 15 is 0 Å². The van der Waals surface area contributed by atoms with E-state index in [0.29, 0.717) is 11.3 Å². The fourth-order valence-corrected chi connectivity index (χ4v) is 1.92. The van der Waals surface area contributed by atoms with E-state index in [0.717, 1.165) is 21.9 Å². The molecule has 0 saturated heterocycles. The first-order valence-electron chi connectivity index (χ1n) is 5.14. The van der Waals surface area contributed by atoms with E-state index in [-0.39, 0.29) is 0 Å². The van der Waals surface area contributed by atoms with Crippen molar-refractivity contribution in [3.63, 3.8) is 0 Å². The van der Waals surface area contributed by atoms with E-state index in [4.69, 9.17) is 4.74 Å². The highest BCUT2D eigenvalue weighted by Crippen LogP contribution is 2.27. The van der Waals surface area contributed by atoms with E-state index < -0.39 is 0 Å². The number of ether oxygens (including phenoxy) is 1. The Morgan fingerprint density at radius 3 is 2.41 bits per heavy atom. The molecule has 86 valence electrons. The van der Waals surface area contributed by atoms with Gasteiger partial charge in [0.05, 0.1) is 7.11 Å². The highest BCUT2D eigenvalue weighted by Gasteiger charge is 2.05. The molecule has 0 amide bonds. The van der Waals surface area contributed by atoms with Crippen LogP contribution in [0.5, 0.6) is 5.75 Å². The largest absolute Gasteiger partial charge is 0.497 e. The summed E-state index contributed by atoms with van der Waals surface area (Å²) in [6, 6.07) is 13.3. The first-order chi connectivity index (χ1) is 8.24. The number of hydrogen-bond acceptors (Lipinski definition) is 2. The number of benzene rings is 2. The molecule has 17 heavy (non-hydrogen) atoms. The van der Waals surface area contributed by atoms with Gasteiger partial charge in [-0.05, 0) is 41.5 Å². The third kappa shape index (κ3) is 2.56. The minimum Gasteiger partial charge on any atom is -0.497 e. The maximum Gasteiger partial charge on any atom is 0.150 e. The Morgan fingerprint density at radius 2 is 1.82 bits per heavy atom. The molecular weight excluding hydrogens is 280 g/mol. The fraction of sp³-hybridized carbons (Fsp3) is 0.0714. The van der Waals surface area contributed by atoms with E-state index in [9.17, 15) is 4.79 Å². The molecule has 0 atom stereocenters. The molecule has 2 nitrogen and oxygen atoms in total. The van der Waals surface area contributed by atoms with Crippen LogP contribution in [0.3, 0.4) is 0 Å². The average molecular weight is 291 g/mol. The second-order valence-corrected chi connectivity index (χ2v) is 4.49. The summed E-state index contributed by atoms with van der Waals surface area (Å²) >= 11 is 3.39. The minimum absolute atomic E-state index is 0.631. The number of rotatable bonds is 3. The average Bonchev–Trinajstić information content (AvgIpc) is 2.39. The predicted octanol–water partition coefficient (Wildman–Crippen LogP) is 3.94. The molecule has 0 N–H and O–H groups in total. The minimum atomic E-state index is 0.631. The molecule has 0 aliphatic carbocycles. The van der Waals surface area contributed by atoms with Crippen LogP contribution in [-0.2, 0) is 0 Å². The quantitative estimate of drug-likeness (QED) is 0.801. The number of methoxy groups -OCH3 is 1. The number of halogens is 1. The summed E-state index contributed by atoms with van der Waals surface area (Å²) in [5, 5.41) is 0. The van der Waals surface area contributed by atoms with Gasteiger partial charge in [-0.2, -0.15) is 0 Å². The Balaban J connectivity index is 2.51. The summed E-state index contributed by atoms with van der Waals surface area (Å²) in [6.45, 7) is 0. The van der Waals surface area contributed by atoms with Gasteiger partial charge in [-0.3, -0.25) is 4.79 Å². The zero-order valence-electron chi connectivity index (χ0n) is 9.31. The predicted molar refractivity (Wildman–Crippen MR) is 71.5 cm³/mol. The van der Waals surface area contributed by atoms with Crippen molar-refractivity contribution in [1.82, 2.24) is 0 Å². The maximum absolute atomic E-state index is 11.1. The molecule has 2 aromatic rings. The third-order valence-electron chi connectivity index (χ3n) is 2.54. The Kier molecular flexibility index (Phi) is 3.59. The topological polar surface area (TPSA) is 26.3 Å². The van der Waals surface area contributed by atoms with Crippen LogP contribution in [0.4, 0.5) is 0 Å². The van der Waals surface area contributed by atoms with Gasteiger partial charge in [-0.25, -0.2) is 0 Å². The van der Waals surface area contributed by atoms with Crippen molar-refractivity contribution in [1.29, 1.82) is 0 Å². The molecule has 2 aromatic carbocycles. The zero-order valence-corrected chi connectivity index (χ0v) is 10.9. The van der Waals surface area contributed by atoms with Crippen molar-refractivity contribution < 1.29 is 9.53 Å². The highest BCUT2D eigenvalue weighted by atomic mass is 79.9. The lowest BCUT2D eigenvalue weighted by Gasteiger charge is -2.07. The molecule has 0 saturated carbocycles. The first-order valence-corrected chi connectivity index (χ1v) is 5.93. The van der Waals surface area contributed by atoms with Gasteiger partial charge in [0.2, 0.25) is 0 Å². The van der Waals surface area contributed by atoms with Gasteiger partial charge in [-0.15, -0.1) is 0 Å². The number of hydrogen-bond donors (Lipinski definition) is 0. The van der Waals surface area contributed by atoms with Crippen molar-refractivity contribution in [2.45, 2.75) is 0 Å². The normalized spacial score (nSPS) is 10.0. The third-order valence-corrected chi connectivity index (χ3v) is 3.07. The van der Waals surface area contributed by atoms with Crippen LogP contribution in [-0.4, -0.2) is 13.4 Å². The van der Waals surface area contributed by atoms with Gasteiger partial charge < -0.3 is 4.74 Å². The van der Waals surface area contributed by atoms with Crippen LogP contribution >= 0.6 is 15.9 Å². The molecule has 0 radical (unpaired) electrons. The summed E-state index contributed by atoms with van der Waals surface area (Å²) in [4.78, 5) is 11.1. The Hall–Kier alpha value is -1.61. The zero-order chi connectivity index (χ0) is 12.3. The van der Waals surface area contributed by atoms with Crippen LogP contribution < -0.4 is 4.74 Å². The molecule has 0 fully saturated rings. The molecule has 0 heterocycles. The SMILES string of the molecule is COc1ccc(-c2ccc(Br)cc2)c(C=O)c1. The molecule has 0 aromatic heterocycles. The van der Waals surface area contributed by atoms with E-state index in [1.807, 2.05) is 36.4 Å². The van der Waals surface area contributed by atoms with Crippen LogP contribution in [0.25, 0.3) is 11.1 Å². The van der Waals surface area contributed by atoms with Crippen molar-refractivity contribution in [3.8, 4) is 16.9 Å². The van der Waals surface area contributed by atoms with E-state index in [1.165, 1.54) is 0 Å². The van der Waals surface area contributed by atoms with Gasteiger partial charge in [0.25, 0.3) is 0 Å². The second kappa shape index (κ2) is 5.15. The van der Waals surface area contributed by atoms with Crippen LogP contribution in [0.1, 0.15) is 10.4 Å². The molecule has 0 unspecified atom stereocenters. The van der Waals surface area contributed by atoms with Gasteiger partial charge in [0.15, 0.2) is 6.29 Å². The van der Waals surface area contributed by atoms with Gasteiger partial charge in [0.1, 0.15) is 5.75 Å². The molecule has 0 aliphatic heterocycles. The number of carbonyl (C=O) groups is 1. The summed E-state index contributed by atoms with van der Waals surface area (Å²) < 4.78 is 6.12. The Labute approximate surface area is 108 Å². The molecular formula is C14H11BrO2.